The first-order valence-electron chi connectivity index (χ1n) is 5.42. The van der Waals surface area contributed by atoms with Gasteiger partial charge >= 0.3 is 10.1 Å². The van der Waals surface area contributed by atoms with E-state index >= 15 is 0 Å². The maximum absolute atomic E-state index is 11.7. The van der Waals surface area contributed by atoms with Crippen molar-refractivity contribution >= 4 is 56.5 Å². The Morgan fingerprint density at radius 2 is 1.63 bits per heavy atom. The van der Waals surface area contributed by atoms with Gasteiger partial charge in [-0.1, -0.05) is 46.4 Å². The van der Waals surface area contributed by atoms with Crippen molar-refractivity contribution in [2.24, 2.45) is 0 Å². The average Bonchev–Trinajstić information content (AvgIpc) is 2.26. The Kier molecular flexibility index (Phi) is 6.54. The second kappa shape index (κ2) is 7.23. The molecule has 3 nitrogen and oxygen atoms in total. The van der Waals surface area contributed by atoms with Crippen LogP contribution in [0.2, 0.25) is 5.02 Å². The molecule has 0 aliphatic rings. The third-order valence-corrected chi connectivity index (χ3v) is 4.20. The van der Waals surface area contributed by atoms with Crippen molar-refractivity contribution in [3.05, 3.63) is 29.3 Å². The number of rotatable bonds is 6. The van der Waals surface area contributed by atoms with Crippen LogP contribution >= 0.6 is 46.4 Å². The molecule has 8 heteroatoms. The van der Waals surface area contributed by atoms with Gasteiger partial charge in [0.15, 0.2) is 3.79 Å². The molecule has 0 saturated carbocycles. The van der Waals surface area contributed by atoms with E-state index in [1.807, 2.05) is 0 Å². The fourth-order valence-electron chi connectivity index (χ4n) is 1.28. The predicted octanol–water partition coefficient (Wildman–Crippen LogP) is 4.59. The summed E-state index contributed by atoms with van der Waals surface area (Å²) >= 11 is 22.4. The lowest BCUT2D eigenvalue weighted by molar-refractivity contribution is 0.482. The van der Waals surface area contributed by atoms with E-state index < -0.39 is 13.9 Å². The van der Waals surface area contributed by atoms with Crippen molar-refractivity contribution in [1.82, 2.24) is 0 Å². The Balaban J connectivity index is 2.42. The summed E-state index contributed by atoms with van der Waals surface area (Å²) in [5.74, 6) is 0.0990. The largest absolute Gasteiger partial charge is 0.382 e. The molecule has 0 bridgehead atoms. The van der Waals surface area contributed by atoms with Gasteiger partial charge in [0.2, 0.25) is 0 Å². The van der Waals surface area contributed by atoms with E-state index in [0.717, 1.165) is 0 Å². The molecule has 0 atom stereocenters. The molecule has 0 spiro atoms. The number of halogens is 4. The summed E-state index contributed by atoms with van der Waals surface area (Å²) in [6, 6.07) is 6.08. The summed E-state index contributed by atoms with van der Waals surface area (Å²) in [4.78, 5) is 0. The first kappa shape index (κ1) is 17.2. The van der Waals surface area contributed by atoms with Gasteiger partial charge in [-0.05, 0) is 43.5 Å². The summed E-state index contributed by atoms with van der Waals surface area (Å²) in [6.07, 6.45) is 1.15. The van der Waals surface area contributed by atoms with Crippen LogP contribution in [0.5, 0.6) is 5.75 Å². The van der Waals surface area contributed by atoms with E-state index in [4.69, 9.17) is 50.6 Å². The Hall–Kier alpha value is 0.130. The van der Waals surface area contributed by atoms with Crippen LogP contribution in [0.15, 0.2) is 24.3 Å². The Labute approximate surface area is 132 Å². The van der Waals surface area contributed by atoms with Crippen molar-refractivity contribution in [3.8, 4) is 5.75 Å². The van der Waals surface area contributed by atoms with Crippen molar-refractivity contribution in [2.45, 2.75) is 23.1 Å². The molecule has 0 amide bonds. The topological polar surface area (TPSA) is 43.4 Å². The molecule has 0 unspecified atom stereocenters. The zero-order valence-corrected chi connectivity index (χ0v) is 13.6. The highest BCUT2D eigenvalue weighted by Crippen LogP contribution is 2.31. The van der Waals surface area contributed by atoms with Crippen LogP contribution in [0.4, 0.5) is 0 Å². The lowest BCUT2D eigenvalue weighted by Crippen LogP contribution is -2.14. The van der Waals surface area contributed by atoms with Crippen LogP contribution < -0.4 is 4.18 Å². The third-order valence-electron chi connectivity index (χ3n) is 2.14. The predicted molar refractivity (Wildman–Crippen MR) is 80.0 cm³/mol. The van der Waals surface area contributed by atoms with Gasteiger partial charge in [0.05, 0.1) is 5.75 Å². The van der Waals surface area contributed by atoms with Gasteiger partial charge in [-0.15, -0.1) is 0 Å². The van der Waals surface area contributed by atoms with Gasteiger partial charge in [0.25, 0.3) is 0 Å². The monoisotopic (exact) mass is 364 g/mol. The number of unbranched alkanes of at least 4 members (excludes halogenated alkanes) is 1. The quantitative estimate of drug-likeness (QED) is 0.420. The standard InChI is InChI=1S/C11H12Cl4O3S/c12-9-3-5-10(6-4-9)18-19(16,17)8-2-1-7-11(13,14)15/h3-6H,1-2,7-8H2. The van der Waals surface area contributed by atoms with E-state index in [1.165, 1.54) is 12.1 Å². The maximum atomic E-state index is 11.7. The van der Waals surface area contributed by atoms with Gasteiger partial charge in [0.1, 0.15) is 5.75 Å². The zero-order valence-electron chi connectivity index (χ0n) is 9.78. The van der Waals surface area contributed by atoms with Gasteiger partial charge in [-0.2, -0.15) is 8.42 Å². The minimum Gasteiger partial charge on any atom is -0.382 e. The van der Waals surface area contributed by atoms with Crippen LogP contribution in [0, 0.1) is 0 Å². The second-order valence-corrected chi connectivity index (χ2v) is 8.51. The highest BCUT2D eigenvalue weighted by atomic mass is 35.6. The van der Waals surface area contributed by atoms with Crippen molar-refractivity contribution in [2.75, 3.05) is 5.75 Å². The molecule has 0 heterocycles. The van der Waals surface area contributed by atoms with Gasteiger partial charge in [-0.3, -0.25) is 0 Å². The molecule has 0 aliphatic heterocycles. The fourth-order valence-corrected chi connectivity index (χ4v) is 2.85. The number of alkyl halides is 3. The second-order valence-electron chi connectivity index (χ2n) is 3.87. The number of benzene rings is 1. The van der Waals surface area contributed by atoms with E-state index in [9.17, 15) is 8.42 Å². The number of hydrogen-bond acceptors (Lipinski definition) is 3. The minimum atomic E-state index is -3.64. The molecule has 19 heavy (non-hydrogen) atoms. The summed E-state index contributed by atoms with van der Waals surface area (Å²) in [7, 11) is -3.64. The van der Waals surface area contributed by atoms with Crippen molar-refractivity contribution in [3.63, 3.8) is 0 Å². The van der Waals surface area contributed by atoms with Gasteiger partial charge < -0.3 is 4.18 Å². The molecule has 1 aromatic carbocycles. The van der Waals surface area contributed by atoms with Gasteiger partial charge in [0, 0.05) is 5.02 Å². The highest BCUT2D eigenvalue weighted by Gasteiger charge is 2.20. The smallest absolute Gasteiger partial charge is 0.309 e. The Morgan fingerprint density at radius 1 is 1.05 bits per heavy atom. The van der Waals surface area contributed by atoms with Crippen molar-refractivity contribution < 1.29 is 12.6 Å². The van der Waals surface area contributed by atoms with Crippen LogP contribution in [0.1, 0.15) is 19.3 Å². The minimum absolute atomic E-state index is 0.129. The molecule has 0 fully saturated rings. The molecule has 0 aromatic heterocycles. The molecule has 0 aliphatic carbocycles. The van der Waals surface area contributed by atoms with Gasteiger partial charge in [-0.25, -0.2) is 0 Å². The SMILES string of the molecule is O=S(=O)(CCCCC(Cl)(Cl)Cl)Oc1ccc(Cl)cc1. The molecular weight excluding hydrogens is 354 g/mol. The fraction of sp³-hybridized carbons (Fsp3) is 0.455. The zero-order chi connectivity index (χ0) is 14.5. The Bertz CT molecular complexity index is 494. The third kappa shape index (κ3) is 8.10. The molecular formula is C11H12Cl4O3S. The van der Waals surface area contributed by atoms with Crippen LogP contribution in [-0.4, -0.2) is 18.0 Å². The molecule has 0 radical (unpaired) electrons. The summed E-state index contributed by atoms with van der Waals surface area (Å²) in [5.41, 5.74) is 0. The van der Waals surface area contributed by atoms with E-state index in [0.29, 0.717) is 24.3 Å². The molecule has 0 saturated heterocycles. The summed E-state index contributed by atoms with van der Waals surface area (Å²) in [5, 5.41) is 0.507. The molecule has 108 valence electrons. The molecule has 1 rings (SSSR count). The number of hydrogen-bond donors (Lipinski definition) is 0. The first-order valence-corrected chi connectivity index (χ1v) is 8.51. The van der Waals surface area contributed by atoms with Crippen LogP contribution in [-0.2, 0) is 10.1 Å². The summed E-state index contributed by atoms with van der Waals surface area (Å²) in [6.45, 7) is 0. The summed E-state index contributed by atoms with van der Waals surface area (Å²) < 4.78 is 26.9. The van der Waals surface area contributed by atoms with Crippen molar-refractivity contribution in [1.29, 1.82) is 0 Å². The highest BCUT2D eigenvalue weighted by molar-refractivity contribution is 7.87. The van der Waals surface area contributed by atoms with Crippen LogP contribution in [0.3, 0.4) is 0 Å². The average molecular weight is 366 g/mol. The maximum Gasteiger partial charge on any atom is 0.309 e. The van der Waals surface area contributed by atoms with E-state index in [-0.39, 0.29) is 11.5 Å². The molecule has 1 aromatic rings. The lowest BCUT2D eigenvalue weighted by atomic mass is 10.3. The first-order chi connectivity index (χ1) is 8.68. The van der Waals surface area contributed by atoms with E-state index in [1.54, 1.807) is 12.1 Å². The Morgan fingerprint density at radius 3 is 2.16 bits per heavy atom. The lowest BCUT2D eigenvalue weighted by Gasteiger charge is -2.10. The van der Waals surface area contributed by atoms with E-state index in [2.05, 4.69) is 0 Å². The molecule has 0 N–H and O–H groups in total. The van der Waals surface area contributed by atoms with Crippen LogP contribution in [0.25, 0.3) is 0 Å². The normalized spacial score (nSPS) is 12.4.